The second-order valence-electron chi connectivity index (χ2n) is 4.63. The van der Waals surface area contributed by atoms with E-state index < -0.39 is 5.82 Å². The zero-order valence-corrected chi connectivity index (χ0v) is 12.2. The van der Waals surface area contributed by atoms with Crippen LogP contribution in [0.5, 0.6) is 17.2 Å². The molecule has 6 heteroatoms. The number of nitrogens with one attached hydrogen (secondary N) is 1. The Bertz CT molecular complexity index is 462. The van der Waals surface area contributed by atoms with Gasteiger partial charge in [-0.25, -0.2) is 4.39 Å². The van der Waals surface area contributed by atoms with Crippen LogP contribution in [-0.2, 0) is 6.54 Å². The largest absolute Gasteiger partial charge is 0.493 e. The molecule has 0 radical (unpaired) electrons. The number of hydrogen-bond acceptors (Lipinski definition) is 5. The van der Waals surface area contributed by atoms with E-state index in [1.165, 1.54) is 20.3 Å². The van der Waals surface area contributed by atoms with Crippen molar-refractivity contribution in [3.63, 3.8) is 0 Å². The molecule has 20 heavy (non-hydrogen) atoms. The molecule has 1 fully saturated rings. The summed E-state index contributed by atoms with van der Waals surface area (Å²) in [7, 11) is 4.51. The third kappa shape index (κ3) is 2.96. The lowest BCUT2D eigenvalue weighted by Crippen LogP contribution is -2.43. The summed E-state index contributed by atoms with van der Waals surface area (Å²) in [6, 6.07) is 1.29. The molecular weight excluding hydrogens is 263 g/mol. The molecule has 1 saturated heterocycles. The summed E-state index contributed by atoms with van der Waals surface area (Å²) in [6.45, 7) is 4.24. The number of nitrogens with zero attached hydrogens (tertiary/aromatic N) is 1. The number of piperazine rings is 1. The van der Waals surface area contributed by atoms with Crippen LogP contribution in [0.25, 0.3) is 0 Å². The molecule has 5 nitrogen and oxygen atoms in total. The molecular formula is C14H21FN2O3. The Kier molecular flexibility index (Phi) is 5.03. The molecule has 1 heterocycles. The molecule has 1 aromatic carbocycles. The molecule has 1 aliphatic heterocycles. The van der Waals surface area contributed by atoms with E-state index in [9.17, 15) is 4.39 Å². The van der Waals surface area contributed by atoms with Gasteiger partial charge >= 0.3 is 0 Å². The third-order valence-electron chi connectivity index (χ3n) is 3.47. The number of hydrogen-bond donors (Lipinski definition) is 1. The zero-order valence-electron chi connectivity index (χ0n) is 12.2. The molecule has 2 rings (SSSR count). The van der Waals surface area contributed by atoms with Crippen LogP contribution in [0.3, 0.4) is 0 Å². The Hall–Kier alpha value is -1.53. The molecule has 0 bridgehead atoms. The van der Waals surface area contributed by atoms with Gasteiger partial charge in [0, 0.05) is 38.8 Å². The Labute approximate surface area is 118 Å². The van der Waals surface area contributed by atoms with Crippen LogP contribution in [0.15, 0.2) is 6.07 Å². The zero-order chi connectivity index (χ0) is 14.5. The maximum atomic E-state index is 14.1. The van der Waals surface area contributed by atoms with Crippen LogP contribution < -0.4 is 19.5 Å². The van der Waals surface area contributed by atoms with Gasteiger partial charge in [-0.2, -0.15) is 0 Å². The minimum atomic E-state index is -0.435. The minimum Gasteiger partial charge on any atom is -0.493 e. The first kappa shape index (κ1) is 14.9. The monoisotopic (exact) mass is 284 g/mol. The van der Waals surface area contributed by atoms with E-state index in [-0.39, 0.29) is 5.75 Å². The number of rotatable bonds is 5. The summed E-state index contributed by atoms with van der Waals surface area (Å²) in [6.07, 6.45) is 0. The SMILES string of the molecule is COc1cc(F)c(OC)c(CN2CCNCC2)c1OC. The van der Waals surface area contributed by atoms with E-state index in [1.807, 2.05) is 0 Å². The highest BCUT2D eigenvalue weighted by molar-refractivity contribution is 5.54. The van der Waals surface area contributed by atoms with E-state index in [2.05, 4.69) is 10.2 Å². The number of ether oxygens (including phenoxy) is 3. The average molecular weight is 284 g/mol. The summed E-state index contributed by atoms with van der Waals surface area (Å²) in [4.78, 5) is 2.23. The van der Waals surface area contributed by atoms with Crippen LogP contribution >= 0.6 is 0 Å². The second-order valence-corrected chi connectivity index (χ2v) is 4.63. The number of benzene rings is 1. The molecule has 1 aromatic rings. The van der Waals surface area contributed by atoms with Gasteiger partial charge in [0.25, 0.3) is 0 Å². The highest BCUT2D eigenvalue weighted by Crippen LogP contribution is 2.40. The molecule has 1 N–H and O–H groups in total. The van der Waals surface area contributed by atoms with Crippen molar-refractivity contribution in [3.8, 4) is 17.2 Å². The molecule has 0 unspecified atom stereocenters. The maximum Gasteiger partial charge on any atom is 0.169 e. The van der Waals surface area contributed by atoms with Crippen LogP contribution in [0.4, 0.5) is 4.39 Å². The minimum absolute atomic E-state index is 0.223. The summed E-state index contributed by atoms with van der Waals surface area (Å²) in [5.41, 5.74) is 0.689. The quantitative estimate of drug-likeness (QED) is 0.881. The van der Waals surface area contributed by atoms with Gasteiger partial charge in [-0.15, -0.1) is 0 Å². The molecule has 0 spiro atoms. The van der Waals surface area contributed by atoms with Crippen molar-refractivity contribution in [2.45, 2.75) is 6.54 Å². The Morgan fingerprint density at radius 3 is 2.30 bits per heavy atom. The lowest BCUT2D eigenvalue weighted by Gasteiger charge is -2.28. The van der Waals surface area contributed by atoms with Gasteiger partial charge in [0.1, 0.15) is 0 Å². The van der Waals surface area contributed by atoms with Gasteiger partial charge in [-0.1, -0.05) is 0 Å². The fourth-order valence-corrected chi connectivity index (χ4v) is 2.47. The van der Waals surface area contributed by atoms with Crippen molar-refractivity contribution < 1.29 is 18.6 Å². The van der Waals surface area contributed by atoms with Crippen LogP contribution in [-0.4, -0.2) is 52.4 Å². The Balaban J connectivity index is 2.38. The van der Waals surface area contributed by atoms with E-state index >= 15 is 0 Å². The first-order valence-corrected chi connectivity index (χ1v) is 6.61. The van der Waals surface area contributed by atoms with Gasteiger partial charge < -0.3 is 19.5 Å². The van der Waals surface area contributed by atoms with Crippen molar-refractivity contribution in [1.82, 2.24) is 10.2 Å². The molecule has 0 atom stereocenters. The highest BCUT2D eigenvalue weighted by atomic mass is 19.1. The average Bonchev–Trinajstić information content (AvgIpc) is 2.48. The van der Waals surface area contributed by atoms with Crippen molar-refractivity contribution in [2.24, 2.45) is 0 Å². The third-order valence-corrected chi connectivity index (χ3v) is 3.47. The van der Waals surface area contributed by atoms with Gasteiger partial charge in [0.05, 0.1) is 26.9 Å². The lowest BCUT2D eigenvalue weighted by atomic mass is 10.1. The van der Waals surface area contributed by atoms with Crippen molar-refractivity contribution >= 4 is 0 Å². The standard InChI is InChI=1S/C14H21FN2O3/c1-18-12-8-11(15)13(19-2)10(14(12)20-3)9-17-6-4-16-5-7-17/h8,16H,4-7,9H2,1-3H3. The van der Waals surface area contributed by atoms with Gasteiger partial charge in [-0.3, -0.25) is 4.90 Å². The topological polar surface area (TPSA) is 43.0 Å². The smallest absolute Gasteiger partial charge is 0.169 e. The molecule has 0 aliphatic carbocycles. The summed E-state index contributed by atoms with van der Waals surface area (Å²) in [5, 5.41) is 3.29. The Morgan fingerprint density at radius 2 is 1.75 bits per heavy atom. The fourth-order valence-electron chi connectivity index (χ4n) is 2.47. The fraction of sp³-hybridized carbons (Fsp3) is 0.571. The van der Waals surface area contributed by atoms with Crippen LogP contribution in [0, 0.1) is 5.82 Å². The molecule has 0 amide bonds. The van der Waals surface area contributed by atoms with E-state index in [1.54, 1.807) is 7.11 Å². The van der Waals surface area contributed by atoms with Gasteiger partial charge in [0.2, 0.25) is 0 Å². The number of halogens is 1. The normalized spacial score (nSPS) is 16.0. The first-order valence-electron chi connectivity index (χ1n) is 6.61. The van der Waals surface area contributed by atoms with Gasteiger partial charge in [-0.05, 0) is 0 Å². The number of methoxy groups -OCH3 is 3. The van der Waals surface area contributed by atoms with Crippen LogP contribution in [0.1, 0.15) is 5.56 Å². The van der Waals surface area contributed by atoms with E-state index in [0.717, 1.165) is 26.2 Å². The first-order chi connectivity index (χ1) is 9.71. The summed E-state index contributed by atoms with van der Waals surface area (Å²) >= 11 is 0. The lowest BCUT2D eigenvalue weighted by molar-refractivity contribution is 0.224. The molecule has 112 valence electrons. The second kappa shape index (κ2) is 6.76. The maximum absolute atomic E-state index is 14.1. The van der Waals surface area contributed by atoms with E-state index in [4.69, 9.17) is 14.2 Å². The highest BCUT2D eigenvalue weighted by Gasteiger charge is 2.23. The molecule has 1 aliphatic rings. The molecule has 0 saturated carbocycles. The van der Waals surface area contributed by atoms with Crippen LogP contribution in [0.2, 0.25) is 0 Å². The van der Waals surface area contributed by atoms with Crippen molar-refractivity contribution in [3.05, 3.63) is 17.4 Å². The predicted molar refractivity (Wildman–Crippen MR) is 74.2 cm³/mol. The predicted octanol–water partition coefficient (Wildman–Crippen LogP) is 1.26. The molecule has 0 aromatic heterocycles. The van der Waals surface area contributed by atoms with E-state index in [0.29, 0.717) is 23.6 Å². The van der Waals surface area contributed by atoms with Gasteiger partial charge in [0.15, 0.2) is 23.1 Å². The summed E-state index contributed by atoms with van der Waals surface area (Å²) in [5.74, 6) is 0.705. The van der Waals surface area contributed by atoms with Crippen molar-refractivity contribution in [2.75, 3.05) is 47.5 Å². The Morgan fingerprint density at radius 1 is 1.10 bits per heavy atom. The summed E-state index contributed by atoms with van der Waals surface area (Å²) < 4.78 is 29.9. The van der Waals surface area contributed by atoms with Crippen molar-refractivity contribution in [1.29, 1.82) is 0 Å².